The average molecular weight is 528 g/mol. The fourth-order valence-corrected chi connectivity index (χ4v) is 5.87. The molecule has 186 valence electrons. The van der Waals surface area contributed by atoms with Gasteiger partial charge >= 0.3 is 0 Å². The number of anilines is 1. The van der Waals surface area contributed by atoms with E-state index in [1.807, 2.05) is 0 Å². The van der Waals surface area contributed by atoms with E-state index in [1.165, 1.54) is 7.11 Å². The molecule has 0 unspecified atom stereocenters. The van der Waals surface area contributed by atoms with Crippen molar-refractivity contribution in [1.82, 2.24) is 4.90 Å². The van der Waals surface area contributed by atoms with Crippen LogP contribution in [0.4, 0.5) is 5.69 Å². The summed E-state index contributed by atoms with van der Waals surface area (Å²) in [6.07, 6.45) is 0. The Labute approximate surface area is 217 Å². The smallest absolute Gasteiger partial charge is 0.256 e. The number of likely N-dealkylation sites (N-methyl/N-ethyl adjacent to an activating group) is 1. The normalized spacial score (nSPS) is 22.9. The van der Waals surface area contributed by atoms with Gasteiger partial charge in [0.15, 0.2) is 17.0 Å². The first kappa shape index (κ1) is 24.4. The maximum atomic E-state index is 13.3. The highest BCUT2D eigenvalue weighted by Gasteiger charge is 2.68. The van der Waals surface area contributed by atoms with Crippen molar-refractivity contribution in [2.24, 2.45) is 0 Å². The Bertz CT molecular complexity index is 1370. The van der Waals surface area contributed by atoms with Crippen LogP contribution < -0.4 is 14.8 Å². The van der Waals surface area contributed by atoms with Crippen molar-refractivity contribution in [2.75, 3.05) is 26.0 Å². The van der Waals surface area contributed by atoms with Crippen molar-refractivity contribution in [3.05, 3.63) is 97.5 Å². The number of likely N-dealkylation sites (tertiary alicyclic amines) is 1. The summed E-state index contributed by atoms with van der Waals surface area (Å²) < 4.78 is 11.5. The van der Waals surface area contributed by atoms with Crippen molar-refractivity contribution in [2.45, 2.75) is 24.1 Å². The minimum absolute atomic E-state index is 0.190. The predicted octanol–water partition coefficient (Wildman–Crippen LogP) is 5.10. The molecule has 1 fully saturated rings. The maximum absolute atomic E-state index is 13.3. The minimum atomic E-state index is -1.40. The molecule has 36 heavy (non-hydrogen) atoms. The molecule has 8 nitrogen and oxygen atoms in total. The van der Waals surface area contributed by atoms with Crippen molar-refractivity contribution in [3.8, 4) is 11.5 Å². The Morgan fingerprint density at radius 1 is 1.14 bits per heavy atom. The van der Waals surface area contributed by atoms with Crippen molar-refractivity contribution < 1.29 is 19.2 Å². The van der Waals surface area contributed by atoms with Crippen LogP contribution in [-0.4, -0.2) is 42.5 Å². The van der Waals surface area contributed by atoms with E-state index in [2.05, 4.69) is 5.32 Å². The van der Waals surface area contributed by atoms with Gasteiger partial charge in [-0.3, -0.25) is 19.8 Å². The summed E-state index contributed by atoms with van der Waals surface area (Å²) in [6.45, 7) is 0.507. The molecule has 0 radical (unpaired) electrons. The number of nitro groups is 1. The van der Waals surface area contributed by atoms with Gasteiger partial charge in [-0.15, -0.1) is 0 Å². The van der Waals surface area contributed by atoms with Gasteiger partial charge in [0.1, 0.15) is 6.61 Å². The number of amides is 1. The zero-order valence-electron chi connectivity index (χ0n) is 19.5. The average Bonchev–Trinajstić information content (AvgIpc) is 3.33. The molecule has 1 spiro atoms. The largest absolute Gasteiger partial charge is 0.493 e. The first-order valence-corrected chi connectivity index (χ1v) is 12.0. The molecule has 0 aromatic heterocycles. The Morgan fingerprint density at radius 2 is 1.92 bits per heavy atom. The van der Waals surface area contributed by atoms with E-state index in [0.717, 1.165) is 5.56 Å². The van der Waals surface area contributed by atoms with Gasteiger partial charge in [0.2, 0.25) is 0 Å². The van der Waals surface area contributed by atoms with Crippen molar-refractivity contribution >= 4 is 34.8 Å². The van der Waals surface area contributed by atoms with E-state index in [4.69, 9.17) is 32.7 Å². The molecular formula is C26H23Cl2N3O5. The summed E-state index contributed by atoms with van der Waals surface area (Å²) in [4.78, 5) is 27.2. The van der Waals surface area contributed by atoms with E-state index >= 15 is 0 Å². The van der Waals surface area contributed by atoms with Gasteiger partial charge in [-0.25, -0.2) is 0 Å². The van der Waals surface area contributed by atoms with E-state index in [1.54, 1.807) is 72.6 Å². The SMILES string of the molecule is COc1cc([C@@H]2CN(C)[C@@]3(C(=O)Nc4ccccc43)[C@@H]2[N+](=O)[O-])ccc1OCc1ccc(Cl)cc1Cl. The molecule has 2 aliphatic heterocycles. The Kier molecular flexibility index (Phi) is 6.28. The molecule has 2 heterocycles. The molecule has 0 saturated carbocycles. The molecule has 1 amide bonds. The number of carbonyl (C=O) groups excluding carboxylic acids is 1. The second-order valence-electron chi connectivity index (χ2n) is 8.92. The monoisotopic (exact) mass is 527 g/mol. The summed E-state index contributed by atoms with van der Waals surface area (Å²) in [7, 11) is 3.26. The number of rotatable bonds is 6. The quantitative estimate of drug-likeness (QED) is 0.354. The van der Waals surface area contributed by atoms with E-state index < -0.39 is 17.5 Å². The van der Waals surface area contributed by atoms with Crippen LogP contribution in [0.5, 0.6) is 11.5 Å². The molecule has 2 aliphatic rings. The second kappa shape index (κ2) is 9.28. The van der Waals surface area contributed by atoms with Gasteiger partial charge in [0.25, 0.3) is 11.9 Å². The summed E-state index contributed by atoms with van der Waals surface area (Å²) in [5.41, 5.74) is 1.26. The summed E-state index contributed by atoms with van der Waals surface area (Å²) in [5, 5.41) is 16.4. The van der Waals surface area contributed by atoms with Gasteiger partial charge in [0.05, 0.1) is 13.0 Å². The number of nitrogens with zero attached hydrogens (tertiary/aromatic N) is 2. The zero-order chi connectivity index (χ0) is 25.6. The third-order valence-corrected chi connectivity index (χ3v) is 7.64. The van der Waals surface area contributed by atoms with Crippen molar-refractivity contribution in [3.63, 3.8) is 0 Å². The first-order valence-electron chi connectivity index (χ1n) is 11.3. The highest BCUT2D eigenvalue weighted by Crippen LogP contribution is 2.52. The standard InChI is InChI=1S/C26H23Cl2N3O5/c1-30-13-18(24(31(33)34)26(30)19-5-3-4-6-21(19)29-25(26)32)15-8-10-22(23(11-15)35-2)36-14-16-7-9-17(27)12-20(16)28/h3-12,18,24H,13-14H2,1-2H3,(H,29,32)/t18-,24+,26+/m0/s1. The number of methoxy groups -OCH3 is 1. The number of benzene rings is 3. The third-order valence-electron chi connectivity index (χ3n) is 7.06. The second-order valence-corrected chi connectivity index (χ2v) is 9.76. The minimum Gasteiger partial charge on any atom is -0.493 e. The first-order chi connectivity index (χ1) is 17.3. The molecule has 0 aliphatic carbocycles. The fourth-order valence-electron chi connectivity index (χ4n) is 5.41. The van der Waals surface area contributed by atoms with Gasteiger partial charge < -0.3 is 14.8 Å². The fraction of sp³-hybridized carbons (Fsp3) is 0.269. The van der Waals surface area contributed by atoms with Crippen LogP contribution in [-0.2, 0) is 16.9 Å². The number of para-hydroxylation sites is 1. The summed E-state index contributed by atoms with van der Waals surface area (Å²) in [5.74, 6) is -0.0489. The molecule has 3 atom stereocenters. The topological polar surface area (TPSA) is 93.9 Å². The van der Waals surface area contributed by atoms with Crippen LogP contribution in [0.2, 0.25) is 10.0 Å². The van der Waals surface area contributed by atoms with Gasteiger partial charge in [-0.1, -0.05) is 53.5 Å². The summed E-state index contributed by atoms with van der Waals surface area (Å²) >= 11 is 12.2. The molecule has 0 bridgehead atoms. The lowest BCUT2D eigenvalue weighted by Crippen LogP contribution is -2.54. The molecule has 5 rings (SSSR count). The lowest BCUT2D eigenvalue weighted by molar-refractivity contribution is -0.534. The van der Waals surface area contributed by atoms with Gasteiger partial charge in [-0.05, 0) is 42.9 Å². The number of nitrogens with one attached hydrogen (secondary N) is 1. The lowest BCUT2D eigenvalue weighted by atomic mass is 9.79. The molecule has 1 N–H and O–H groups in total. The third kappa shape index (κ3) is 3.77. The van der Waals surface area contributed by atoms with Gasteiger partial charge in [-0.2, -0.15) is 0 Å². The van der Waals surface area contributed by atoms with E-state index in [-0.39, 0.29) is 17.4 Å². The number of ether oxygens (including phenoxy) is 2. The highest BCUT2D eigenvalue weighted by atomic mass is 35.5. The van der Waals surface area contributed by atoms with Crippen molar-refractivity contribution in [1.29, 1.82) is 0 Å². The highest BCUT2D eigenvalue weighted by molar-refractivity contribution is 6.35. The van der Waals surface area contributed by atoms with Crippen LogP contribution in [0, 0.1) is 10.1 Å². The zero-order valence-corrected chi connectivity index (χ0v) is 21.0. The summed E-state index contributed by atoms with van der Waals surface area (Å²) in [6, 6.07) is 16.3. The van der Waals surface area contributed by atoms with E-state index in [9.17, 15) is 14.9 Å². The number of hydrogen-bond donors (Lipinski definition) is 1. The number of halogens is 2. The number of fused-ring (bicyclic) bond motifs is 2. The van der Waals surface area contributed by atoms with E-state index in [0.29, 0.717) is 44.9 Å². The molecule has 10 heteroatoms. The van der Waals surface area contributed by atoms with Crippen LogP contribution in [0.1, 0.15) is 22.6 Å². The maximum Gasteiger partial charge on any atom is 0.256 e. The van der Waals surface area contributed by atoms with Crippen LogP contribution >= 0.6 is 23.2 Å². The number of hydrogen-bond acceptors (Lipinski definition) is 6. The molecule has 3 aromatic carbocycles. The molecule has 1 saturated heterocycles. The molecular weight excluding hydrogens is 505 g/mol. The molecule has 3 aromatic rings. The Balaban J connectivity index is 1.48. The predicted molar refractivity (Wildman–Crippen MR) is 137 cm³/mol. The number of carbonyl (C=O) groups is 1. The van der Waals surface area contributed by atoms with Crippen LogP contribution in [0.3, 0.4) is 0 Å². The Hall–Kier alpha value is -3.33. The lowest BCUT2D eigenvalue weighted by Gasteiger charge is -2.30. The Morgan fingerprint density at radius 3 is 2.64 bits per heavy atom. The van der Waals surface area contributed by atoms with Crippen LogP contribution in [0.25, 0.3) is 0 Å². The van der Waals surface area contributed by atoms with Gasteiger partial charge in [0, 0.05) is 38.3 Å². The van der Waals surface area contributed by atoms with Crippen LogP contribution in [0.15, 0.2) is 60.7 Å².